The van der Waals surface area contributed by atoms with E-state index in [-0.39, 0.29) is 79.2 Å². The standard InChI is InChI=1S/C53H55N15O4S2.Na/c1-27-20-29(3)40(30(4)21-27)57-47-41(31(5)24-39(56-47)66(15)43-32(6)22-28(2)23-33(43)7)59-60-48-36(26-54)45(52(8,9)10)64-67(48)50-62-63-51(73-50)68-49(42(55-14)46(65-68)53(11,12)13)61-58-37-25-38(74(70,71)72)34-18-16-17-19-35(34)44(37)69;/h16-25,69H,1-13,15H3,(H,56,57)(H,70,71,72);/q;+1/p-1. The van der Waals surface area contributed by atoms with Gasteiger partial charge in [0.25, 0.3) is 5.69 Å². The van der Waals surface area contributed by atoms with E-state index < -0.39 is 31.6 Å². The molecular weight excluding hydrogens is 998 g/mol. The molecule has 22 heteroatoms. The van der Waals surface area contributed by atoms with Gasteiger partial charge in [0.2, 0.25) is 10.3 Å². The minimum Gasteiger partial charge on any atom is -0.744 e. The fourth-order valence-corrected chi connectivity index (χ4v) is 10.5. The van der Waals surface area contributed by atoms with Crippen LogP contribution in [-0.4, -0.2) is 59.9 Å². The van der Waals surface area contributed by atoms with Gasteiger partial charge in [0.15, 0.2) is 23.2 Å². The number of anilines is 4. The molecule has 8 aromatic rings. The number of aromatic nitrogens is 7. The summed E-state index contributed by atoms with van der Waals surface area (Å²) in [5, 5.41) is 62.8. The van der Waals surface area contributed by atoms with Crippen molar-refractivity contribution in [2.75, 3.05) is 17.3 Å². The summed E-state index contributed by atoms with van der Waals surface area (Å²) in [6.45, 7) is 33.9. The third kappa shape index (κ3) is 10.8. The maximum absolute atomic E-state index is 12.4. The average molecular weight is 1050 g/mol. The average Bonchev–Trinajstić information content (AvgIpc) is 4.04. The molecule has 0 amide bonds. The molecule has 0 atom stereocenters. The van der Waals surface area contributed by atoms with E-state index in [0.717, 1.165) is 67.7 Å². The molecule has 0 saturated heterocycles. The van der Waals surface area contributed by atoms with Crippen molar-refractivity contribution in [3.8, 4) is 22.1 Å². The van der Waals surface area contributed by atoms with Gasteiger partial charge < -0.3 is 19.9 Å². The first-order valence-corrected chi connectivity index (χ1v) is 25.5. The number of phenols is 1. The Bertz CT molecular complexity index is 3820. The number of hydrogen-bond acceptors (Lipinski definition) is 17. The molecule has 0 spiro atoms. The van der Waals surface area contributed by atoms with Crippen molar-refractivity contribution in [3.63, 3.8) is 0 Å². The number of azo groups is 2. The number of hydrogen-bond donors (Lipinski definition) is 2. The maximum atomic E-state index is 12.4. The van der Waals surface area contributed by atoms with Crippen LogP contribution in [0.2, 0.25) is 0 Å². The van der Waals surface area contributed by atoms with Gasteiger partial charge in [0.05, 0.1) is 22.9 Å². The Labute approximate surface area is 462 Å². The van der Waals surface area contributed by atoms with Crippen LogP contribution in [0.4, 0.5) is 51.7 Å². The quantitative estimate of drug-likeness (QED) is 0.0532. The van der Waals surface area contributed by atoms with Crippen LogP contribution in [0.5, 0.6) is 5.75 Å². The van der Waals surface area contributed by atoms with E-state index in [1.54, 1.807) is 6.07 Å². The molecule has 4 aromatic heterocycles. The van der Waals surface area contributed by atoms with Crippen LogP contribution < -0.4 is 39.8 Å². The molecule has 0 saturated carbocycles. The van der Waals surface area contributed by atoms with Gasteiger partial charge in [-0.25, -0.2) is 18.2 Å². The van der Waals surface area contributed by atoms with Crippen LogP contribution in [0.1, 0.15) is 97.4 Å². The molecule has 378 valence electrons. The van der Waals surface area contributed by atoms with Crippen molar-refractivity contribution < 1.29 is 47.6 Å². The number of rotatable bonds is 11. The van der Waals surface area contributed by atoms with Crippen LogP contribution in [0.25, 0.3) is 25.9 Å². The van der Waals surface area contributed by atoms with Crippen molar-refractivity contribution in [3.05, 3.63) is 128 Å². The first-order chi connectivity index (χ1) is 34.7. The van der Waals surface area contributed by atoms with Crippen LogP contribution in [0.15, 0.2) is 86.0 Å². The molecule has 75 heavy (non-hydrogen) atoms. The first-order valence-electron chi connectivity index (χ1n) is 23.3. The van der Waals surface area contributed by atoms with Crippen molar-refractivity contribution >= 4 is 83.9 Å². The van der Waals surface area contributed by atoms with E-state index in [1.165, 1.54) is 27.6 Å². The van der Waals surface area contributed by atoms with E-state index in [2.05, 4.69) is 86.6 Å². The molecule has 0 radical (unpaired) electrons. The molecule has 0 bridgehead atoms. The Hall–Kier alpha value is -7.24. The van der Waals surface area contributed by atoms with Crippen molar-refractivity contribution in [2.45, 2.75) is 106 Å². The summed E-state index contributed by atoms with van der Waals surface area (Å²) in [4.78, 5) is 10.4. The minimum atomic E-state index is -5.03. The van der Waals surface area contributed by atoms with E-state index in [1.807, 2.05) is 82.4 Å². The summed E-state index contributed by atoms with van der Waals surface area (Å²) in [6, 6.07) is 19.6. The fraction of sp³-hybridized carbons (Fsp3) is 0.302. The van der Waals surface area contributed by atoms with Gasteiger partial charge in [-0.3, -0.25) is 0 Å². The number of nitriles is 1. The molecule has 4 heterocycles. The van der Waals surface area contributed by atoms with Gasteiger partial charge >= 0.3 is 29.6 Å². The summed E-state index contributed by atoms with van der Waals surface area (Å²) in [7, 11) is -3.04. The van der Waals surface area contributed by atoms with Gasteiger partial charge in [-0.05, 0) is 93.8 Å². The van der Waals surface area contributed by atoms with Crippen LogP contribution in [0.3, 0.4) is 0 Å². The van der Waals surface area contributed by atoms with Crippen LogP contribution in [0, 0.1) is 66.4 Å². The van der Waals surface area contributed by atoms with Gasteiger partial charge in [-0.15, -0.1) is 30.7 Å². The van der Waals surface area contributed by atoms with Crippen molar-refractivity contribution in [2.24, 2.45) is 20.5 Å². The van der Waals surface area contributed by atoms with E-state index >= 15 is 0 Å². The van der Waals surface area contributed by atoms with Gasteiger partial charge in [-0.2, -0.15) is 24.8 Å². The Morgan fingerprint density at radius 1 is 0.773 bits per heavy atom. The summed E-state index contributed by atoms with van der Waals surface area (Å²) < 4.78 is 39.9. The molecule has 0 fully saturated rings. The molecule has 0 aliphatic carbocycles. The third-order valence-corrected chi connectivity index (χ3v) is 14.0. The number of fused-ring (bicyclic) bond motifs is 1. The van der Waals surface area contributed by atoms with E-state index in [4.69, 9.17) is 32.0 Å². The van der Waals surface area contributed by atoms with Crippen molar-refractivity contribution in [1.29, 1.82) is 5.26 Å². The number of aromatic hydroxyl groups is 1. The SMILES string of the molecule is [C-]#[N+]c1c(C(C)(C)C)nn(-c2nnc(-n3nc(C(C)(C)C)c(C#N)c3N=Nc3c(C)cc(N(C)c4c(C)cc(C)cc4C)nc3Nc3c(C)cc(C)cc3C)s2)c1N=Nc1cc(S(=O)(=O)[O-])c2ccccc2c1O.[Na+]. The fourth-order valence-electron chi connectivity index (χ4n) is 9.01. The smallest absolute Gasteiger partial charge is 0.744 e. The Morgan fingerprint density at radius 2 is 1.31 bits per heavy atom. The summed E-state index contributed by atoms with van der Waals surface area (Å²) >= 11 is 0.989. The van der Waals surface area contributed by atoms with Crippen molar-refractivity contribution in [1.82, 2.24) is 34.7 Å². The maximum Gasteiger partial charge on any atom is 1.00 e. The second kappa shape index (κ2) is 20.8. The summed E-state index contributed by atoms with van der Waals surface area (Å²) in [6.07, 6.45) is 0. The number of aryl methyl sites for hydroxylation is 7. The number of nitrogens with one attached hydrogen (secondary N) is 1. The number of phenolic OH excluding ortho intramolecular Hbond substituents is 1. The number of benzene rings is 4. The molecule has 0 unspecified atom stereocenters. The zero-order chi connectivity index (χ0) is 53.9. The minimum absolute atomic E-state index is 0. The normalized spacial score (nSPS) is 12.1. The monoisotopic (exact) mass is 1050 g/mol. The molecular formula is C53H54N15NaO4S2. The molecule has 2 N–H and O–H groups in total. The zero-order valence-electron chi connectivity index (χ0n) is 44.5. The van der Waals surface area contributed by atoms with E-state index in [0.29, 0.717) is 28.7 Å². The Kier molecular flexibility index (Phi) is 15.4. The van der Waals surface area contributed by atoms with Gasteiger partial charge in [0.1, 0.15) is 38.9 Å². The molecule has 0 aliphatic rings. The van der Waals surface area contributed by atoms with Crippen LogP contribution >= 0.6 is 11.3 Å². The van der Waals surface area contributed by atoms with E-state index in [9.17, 15) is 23.3 Å². The Balaban J connectivity index is 0.00000820. The third-order valence-electron chi connectivity index (χ3n) is 12.2. The zero-order valence-corrected chi connectivity index (χ0v) is 48.2. The summed E-state index contributed by atoms with van der Waals surface area (Å²) in [5.41, 5.74) is 8.74. The largest absolute Gasteiger partial charge is 1.00 e. The molecule has 8 rings (SSSR count). The van der Waals surface area contributed by atoms with Crippen LogP contribution in [-0.2, 0) is 20.9 Å². The predicted octanol–water partition coefficient (Wildman–Crippen LogP) is 10.6. The summed E-state index contributed by atoms with van der Waals surface area (Å²) in [5.74, 6) is 0.608. The van der Waals surface area contributed by atoms with Gasteiger partial charge in [-0.1, -0.05) is 113 Å². The predicted molar refractivity (Wildman–Crippen MR) is 286 cm³/mol. The van der Waals surface area contributed by atoms with Gasteiger partial charge in [0, 0.05) is 34.6 Å². The molecule has 0 aliphatic heterocycles. The second-order valence-corrected chi connectivity index (χ2v) is 22.6. The molecule has 19 nitrogen and oxygen atoms in total. The number of nitrogens with zero attached hydrogens (tertiary/aromatic N) is 14. The Morgan fingerprint density at radius 3 is 1.85 bits per heavy atom. The second-order valence-electron chi connectivity index (χ2n) is 20.3. The molecule has 4 aromatic carbocycles. The topological polar surface area (TPSA) is 245 Å². The number of pyridine rings is 1. The first kappa shape index (κ1) is 55.5.